The van der Waals surface area contributed by atoms with Crippen LogP contribution >= 0.6 is 0 Å². The van der Waals surface area contributed by atoms with Crippen molar-refractivity contribution in [2.45, 2.75) is 269 Å². The lowest BCUT2D eigenvalue weighted by Crippen LogP contribution is -2.61. The molecule has 0 bridgehead atoms. The number of carboxylic acids is 4. The van der Waals surface area contributed by atoms with E-state index >= 15 is 0 Å². The Bertz CT molecular complexity index is 3580. The summed E-state index contributed by atoms with van der Waals surface area (Å²) in [7, 11) is 0. The maximum absolute atomic E-state index is 14.3. The minimum Gasteiger partial charge on any atom is -0.481 e. The number of hydrogen-bond acceptors (Lipinski definition) is 23. The number of unbranched alkanes of at least 4 members (excludes halogenated alkanes) is 1. The van der Waals surface area contributed by atoms with Crippen LogP contribution in [0.15, 0.2) is 30.3 Å². The SMILES string of the molecule is CC(C)C[C@H](NC(=O)[C@H](CCC(N)=O)NC(=O)[C@H](CCCCN)NC(=O)[C@H](CO)NC(=O)[C@H](Cc1ccccc1)NC(=O)[C@H](CC(=O)O)NC(=O)[C@H](CC(=O)O)NC(=O)[C@H](CC(C)C)NC(=O)[C@H](CC(=O)O)NC(=O)[C@H](C)NC(=O)[C@H](C)NC(=O)[C@@H]1CCCN1C(=O)[C@H](CC(C)C)NC(=O)[C@H](CC(C)C)NC(=O)[C@@H](N)[C@@H](C)O)C(=O)O. The van der Waals surface area contributed by atoms with Gasteiger partial charge in [0.25, 0.3) is 0 Å². The van der Waals surface area contributed by atoms with Gasteiger partial charge in [-0.25, -0.2) is 4.79 Å². The molecule has 0 radical (unpaired) electrons. The van der Waals surface area contributed by atoms with Crippen molar-refractivity contribution < 1.29 is 122 Å². The highest BCUT2D eigenvalue weighted by Gasteiger charge is 2.42. The second-order valence-electron chi connectivity index (χ2n) is 30.4. The highest BCUT2D eigenvalue weighted by Crippen LogP contribution is 2.22. The van der Waals surface area contributed by atoms with Gasteiger partial charge in [-0.05, 0) is 121 Å². The van der Waals surface area contributed by atoms with Crippen molar-refractivity contribution in [3.05, 3.63) is 35.9 Å². The van der Waals surface area contributed by atoms with E-state index in [0.29, 0.717) is 18.4 Å². The van der Waals surface area contributed by atoms with Crippen LogP contribution in [-0.4, -0.2) is 264 Å². The van der Waals surface area contributed by atoms with Crippen LogP contribution in [0.3, 0.4) is 0 Å². The summed E-state index contributed by atoms with van der Waals surface area (Å²) in [5.74, 6) is -23.7. The fraction of sp³-hybridized carbons (Fsp3) is 0.662. The third-order valence-electron chi connectivity index (χ3n) is 18.1. The number of nitrogens with zero attached hydrogens (tertiary/aromatic N) is 1. The molecule has 1 aromatic rings. The van der Waals surface area contributed by atoms with Crippen LogP contribution in [0.4, 0.5) is 0 Å². The molecule has 42 nitrogen and oxygen atoms in total. The number of amides is 15. The number of carbonyl (C=O) groups is 19. The number of carbonyl (C=O) groups excluding carboxylic acids is 15. The first kappa shape index (κ1) is 101. The Kier molecular flexibility index (Phi) is 43.9. The van der Waals surface area contributed by atoms with E-state index in [4.69, 9.17) is 17.2 Å². The van der Waals surface area contributed by atoms with E-state index in [1.165, 1.54) is 43.0 Å². The summed E-state index contributed by atoms with van der Waals surface area (Å²) >= 11 is 0. The Morgan fingerprint density at radius 1 is 0.422 bits per heavy atom. The molecule has 2 rings (SSSR count). The van der Waals surface area contributed by atoms with Gasteiger partial charge in [0, 0.05) is 19.4 Å². The summed E-state index contributed by atoms with van der Waals surface area (Å²) < 4.78 is 0. The summed E-state index contributed by atoms with van der Waals surface area (Å²) in [6.45, 7) is 16.4. The molecule has 0 unspecified atom stereocenters. The lowest BCUT2D eigenvalue weighted by molar-refractivity contribution is -0.144. The van der Waals surface area contributed by atoms with E-state index < -0.39 is 260 Å². The molecular formula is C74H119N17O25. The molecule has 116 heavy (non-hydrogen) atoms. The van der Waals surface area contributed by atoms with Crippen molar-refractivity contribution in [1.82, 2.24) is 74.0 Å². The first-order valence-corrected chi connectivity index (χ1v) is 38.4. The van der Waals surface area contributed by atoms with Gasteiger partial charge in [-0.1, -0.05) is 85.7 Å². The van der Waals surface area contributed by atoms with Crippen molar-refractivity contribution in [1.29, 1.82) is 0 Å². The van der Waals surface area contributed by atoms with Gasteiger partial charge >= 0.3 is 23.9 Å². The number of carboxylic acid groups (broad SMARTS) is 4. The molecule has 0 saturated carbocycles. The van der Waals surface area contributed by atoms with Gasteiger partial charge in [0.15, 0.2) is 0 Å². The third-order valence-corrected chi connectivity index (χ3v) is 18.1. The Balaban J connectivity index is 2.40. The summed E-state index contributed by atoms with van der Waals surface area (Å²) in [6, 6.07) is -16.8. The highest BCUT2D eigenvalue weighted by molar-refractivity contribution is 6.02. The maximum atomic E-state index is 14.3. The van der Waals surface area contributed by atoms with E-state index in [9.17, 15) is 122 Å². The number of primary amides is 1. The number of aliphatic carboxylic acids is 4. The molecule has 1 heterocycles. The molecule has 1 aliphatic rings. The zero-order valence-electron chi connectivity index (χ0n) is 67.3. The van der Waals surface area contributed by atoms with Gasteiger partial charge in [-0.3, -0.25) is 86.3 Å². The number of likely N-dealkylation sites (tertiary alicyclic amines) is 1. The predicted octanol–water partition coefficient (Wildman–Crippen LogP) is -5.65. The largest absolute Gasteiger partial charge is 0.481 e. The second kappa shape index (κ2) is 50.4. The molecule has 42 heteroatoms. The van der Waals surface area contributed by atoms with Gasteiger partial charge in [0.2, 0.25) is 88.6 Å². The van der Waals surface area contributed by atoms with Gasteiger partial charge in [-0.15, -0.1) is 0 Å². The third kappa shape index (κ3) is 36.6. The molecule has 1 aliphatic heterocycles. The Hall–Kier alpha value is -11.0. The summed E-state index contributed by atoms with van der Waals surface area (Å²) in [5.41, 5.74) is 17.2. The van der Waals surface area contributed by atoms with Crippen LogP contribution in [-0.2, 0) is 97.5 Å². The predicted molar refractivity (Wildman–Crippen MR) is 412 cm³/mol. The van der Waals surface area contributed by atoms with Crippen molar-refractivity contribution in [2.24, 2.45) is 40.9 Å². The summed E-state index contributed by atoms with van der Waals surface area (Å²) in [4.78, 5) is 257. The van der Waals surface area contributed by atoms with Gasteiger partial charge < -0.3 is 122 Å². The fourth-order valence-electron chi connectivity index (χ4n) is 12.0. The first-order chi connectivity index (χ1) is 54.2. The topological polar surface area (TPSA) is 683 Å². The molecule has 1 aromatic carbocycles. The standard InChI is InChI=1S/C74H119N17O25/c1-35(2)26-45(83-67(108)48(31-56(95)96)82-61(102)40(10)78-60(101)39(9)79-71(112)54-21-17-25-91(54)73(114)51(28-37(5)6)88-65(106)46(27-36(3)4)87-72(113)59(77)41(11)93)64(105)85-50(33-58(99)100)69(110)86-49(32-57(97)98)68(109)84-47(30-42-18-13-12-14-19-42)66(107)90-53(34-92)70(111)80-43(20-15-16-24-75)62(103)81-44(22-23-55(76)94)63(104)89-52(74(115)116)29-38(7)8/h12-14,18-19,35-41,43-54,59,92-93H,15-17,20-34,75,77H2,1-11H3,(H2,76,94)(H,78,101)(H,79,112)(H,80,111)(H,81,103)(H,82,102)(H,83,108)(H,84,109)(H,85,105)(H,86,110)(H,87,113)(H,88,106)(H,89,104)(H,90,107)(H,95,96)(H,97,98)(H,99,100)(H,115,116)/t39-,40-,41+,43-,44-,45-,46-,47-,48-,49-,50-,51-,52-,53-,54-,59-/m0/s1. The maximum Gasteiger partial charge on any atom is 0.326 e. The van der Waals surface area contributed by atoms with Crippen LogP contribution in [0.1, 0.15) is 172 Å². The molecule has 1 saturated heterocycles. The van der Waals surface area contributed by atoms with E-state index in [-0.39, 0.29) is 75.8 Å². The van der Waals surface area contributed by atoms with Gasteiger partial charge in [-0.2, -0.15) is 0 Å². The van der Waals surface area contributed by atoms with Crippen molar-refractivity contribution in [3.63, 3.8) is 0 Å². The Morgan fingerprint density at radius 3 is 1.22 bits per heavy atom. The molecular weight excluding hydrogens is 1530 g/mol. The number of hydrogen-bond donors (Lipinski definition) is 22. The molecule has 25 N–H and O–H groups in total. The fourth-order valence-corrected chi connectivity index (χ4v) is 12.0. The van der Waals surface area contributed by atoms with E-state index in [1.807, 2.05) is 0 Å². The number of nitrogens with one attached hydrogen (secondary N) is 13. The zero-order chi connectivity index (χ0) is 88.1. The van der Waals surface area contributed by atoms with Crippen molar-refractivity contribution in [3.8, 4) is 0 Å². The quantitative estimate of drug-likeness (QED) is 0.0270. The lowest BCUT2D eigenvalue weighted by Gasteiger charge is -2.31. The summed E-state index contributed by atoms with van der Waals surface area (Å²) in [5, 5.41) is 90.5. The summed E-state index contributed by atoms with van der Waals surface area (Å²) in [6.07, 6.45) is -5.65. The molecule has 0 aliphatic carbocycles. The van der Waals surface area contributed by atoms with E-state index in [1.54, 1.807) is 61.5 Å². The van der Waals surface area contributed by atoms with Crippen molar-refractivity contribution in [2.75, 3.05) is 19.7 Å². The molecule has 15 amide bonds. The Morgan fingerprint density at radius 2 is 0.776 bits per heavy atom. The zero-order valence-corrected chi connectivity index (χ0v) is 67.3. The highest BCUT2D eigenvalue weighted by atomic mass is 16.4. The van der Waals surface area contributed by atoms with Gasteiger partial charge in [0.1, 0.15) is 90.6 Å². The van der Waals surface area contributed by atoms with Crippen LogP contribution in [0.25, 0.3) is 0 Å². The number of nitrogens with two attached hydrogens (primary N) is 3. The van der Waals surface area contributed by atoms with E-state index in [0.717, 1.165) is 6.92 Å². The second-order valence-corrected chi connectivity index (χ2v) is 30.4. The smallest absolute Gasteiger partial charge is 0.326 e. The van der Waals surface area contributed by atoms with Crippen LogP contribution < -0.4 is 86.3 Å². The van der Waals surface area contributed by atoms with E-state index in [2.05, 4.69) is 69.1 Å². The molecule has 0 aromatic heterocycles. The van der Waals surface area contributed by atoms with Gasteiger partial charge in [0.05, 0.1) is 32.0 Å². The number of aliphatic hydroxyl groups is 2. The minimum atomic E-state index is -2.22. The average molecular weight is 1650 g/mol. The van der Waals surface area contributed by atoms with Crippen molar-refractivity contribution >= 4 is 112 Å². The number of aliphatic hydroxyl groups excluding tert-OH is 2. The van der Waals surface area contributed by atoms with Crippen LogP contribution in [0.2, 0.25) is 0 Å². The monoisotopic (exact) mass is 1650 g/mol. The molecule has 16 atom stereocenters. The Labute approximate surface area is 671 Å². The molecule has 1 fully saturated rings. The van der Waals surface area contributed by atoms with Crippen LogP contribution in [0, 0.1) is 23.7 Å². The normalized spacial score (nSPS) is 16.5. The lowest BCUT2D eigenvalue weighted by atomic mass is 9.99. The number of benzene rings is 1. The number of rotatable bonds is 53. The average Bonchev–Trinajstić information content (AvgIpc) is 1.62. The minimum absolute atomic E-state index is 0.0231. The molecule has 0 spiro atoms. The first-order valence-electron chi connectivity index (χ1n) is 38.4. The molecule has 650 valence electrons. The van der Waals surface area contributed by atoms with Crippen LogP contribution in [0.5, 0.6) is 0 Å².